The van der Waals surface area contributed by atoms with Gasteiger partial charge in [0.2, 0.25) is 0 Å². The molecule has 1 fully saturated rings. The van der Waals surface area contributed by atoms with Crippen molar-refractivity contribution in [1.29, 1.82) is 0 Å². The minimum absolute atomic E-state index is 0.0366. The van der Waals surface area contributed by atoms with E-state index in [-0.39, 0.29) is 5.60 Å². The number of ether oxygens (including phenoxy) is 1. The van der Waals surface area contributed by atoms with Gasteiger partial charge in [0.25, 0.3) is 0 Å². The number of pyridine rings is 1. The maximum atomic E-state index is 5.89. The van der Waals surface area contributed by atoms with Crippen LogP contribution in [-0.4, -0.2) is 29.2 Å². The second kappa shape index (κ2) is 5.89. The standard InChI is InChI=1S/C16H23N3OS/c1-20-16(7-4-8-16)10-18-15-12(14(17)21)9-11-5-2-3-6-13(11)19-15/h9H,2-8,10H2,1H3,(H2,17,21)(H,18,19). The van der Waals surface area contributed by atoms with Gasteiger partial charge in [0.15, 0.2) is 0 Å². The highest BCUT2D eigenvalue weighted by atomic mass is 32.1. The lowest BCUT2D eigenvalue weighted by molar-refractivity contribution is -0.0601. The minimum atomic E-state index is -0.0366. The number of aryl methyl sites for hydroxylation is 2. The summed E-state index contributed by atoms with van der Waals surface area (Å²) < 4.78 is 5.65. The van der Waals surface area contributed by atoms with Crippen molar-refractivity contribution in [2.75, 3.05) is 19.0 Å². The van der Waals surface area contributed by atoms with E-state index in [4.69, 9.17) is 27.7 Å². The summed E-state index contributed by atoms with van der Waals surface area (Å²) in [6.45, 7) is 0.769. The van der Waals surface area contributed by atoms with E-state index in [1.165, 1.54) is 30.5 Å². The molecule has 1 aromatic rings. The molecule has 0 amide bonds. The fraction of sp³-hybridized carbons (Fsp3) is 0.625. The van der Waals surface area contributed by atoms with E-state index < -0.39 is 0 Å². The molecule has 0 bridgehead atoms. The maximum absolute atomic E-state index is 5.89. The average molecular weight is 305 g/mol. The molecule has 2 aliphatic carbocycles. The molecule has 1 heterocycles. The Hall–Kier alpha value is -1.20. The summed E-state index contributed by atoms with van der Waals surface area (Å²) in [6, 6.07) is 2.13. The van der Waals surface area contributed by atoms with Gasteiger partial charge in [0.05, 0.1) is 11.2 Å². The van der Waals surface area contributed by atoms with Gasteiger partial charge in [0.1, 0.15) is 10.8 Å². The molecule has 114 valence electrons. The smallest absolute Gasteiger partial charge is 0.136 e. The van der Waals surface area contributed by atoms with Crippen molar-refractivity contribution in [2.24, 2.45) is 5.73 Å². The van der Waals surface area contributed by atoms with Gasteiger partial charge >= 0.3 is 0 Å². The first-order valence-electron chi connectivity index (χ1n) is 7.75. The van der Waals surface area contributed by atoms with Crippen LogP contribution in [0.15, 0.2) is 6.07 Å². The van der Waals surface area contributed by atoms with Crippen LogP contribution in [0.1, 0.15) is 48.9 Å². The molecule has 0 spiro atoms. The molecule has 1 aromatic heterocycles. The van der Waals surface area contributed by atoms with Gasteiger partial charge in [-0.25, -0.2) is 4.98 Å². The number of nitrogens with two attached hydrogens (primary N) is 1. The Kier molecular flexibility index (Phi) is 4.13. The monoisotopic (exact) mass is 305 g/mol. The third-order valence-corrected chi connectivity index (χ3v) is 5.06. The Morgan fingerprint density at radius 1 is 1.38 bits per heavy atom. The van der Waals surface area contributed by atoms with E-state index in [0.29, 0.717) is 4.99 Å². The molecule has 3 N–H and O–H groups in total. The zero-order valence-corrected chi connectivity index (χ0v) is 13.4. The van der Waals surface area contributed by atoms with E-state index in [1.54, 1.807) is 7.11 Å². The number of methoxy groups -OCH3 is 1. The Morgan fingerprint density at radius 2 is 2.14 bits per heavy atom. The zero-order chi connectivity index (χ0) is 14.9. The summed E-state index contributed by atoms with van der Waals surface area (Å²) in [4.78, 5) is 5.21. The van der Waals surface area contributed by atoms with E-state index in [9.17, 15) is 0 Å². The summed E-state index contributed by atoms with van der Waals surface area (Å²) in [6.07, 6.45) is 8.01. The van der Waals surface area contributed by atoms with Crippen molar-refractivity contribution in [1.82, 2.24) is 4.98 Å². The molecule has 5 heteroatoms. The van der Waals surface area contributed by atoms with Crippen molar-refractivity contribution >= 4 is 23.0 Å². The summed E-state index contributed by atoms with van der Waals surface area (Å²) in [7, 11) is 1.79. The van der Waals surface area contributed by atoms with Crippen LogP contribution in [-0.2, 0) is 17.6 Å². The predicted octanol–water partition coefficient (Wildman–Crippen LogP) is 2.58. The summed E-state index contributed by atoms with van der Waals surface area (Å²) in [5.41, 5.74) is 9.22. The van der Waals surface area contributed by atoms with Gasteiger partial charge in [-0.2, -0.15) is 0 Å². The van der Waals surface area contributed by atoms with Gasteiger partial charge in [-0.3, -0.25) is 0 Å². The second-order valence-corrected chi connectivity index (χ2v) is 6.60. The number of anilines is 1. The first-order chi connectivity index (χ1) is 10.1. The fourth-order valence-electron chi connectivity index (χ4n) is 3.23. The van der Waals surface area contributed by atoms with E-state index in [2.05, 4.69) is 11.4 Å². The van der Waals surface area contributed by atoms with Gasteiger partial charge in [-0.05, 0) is 56.6 Å². The quantitative estimate of drug-likeness (QED) is 0.819. The molecule has 0 saturated heterocycles. The molecule has 4 nitrogen and oxygen atoms in total. The predicted molar refractivity (Wildman–Crippen MR) is 88.8 cm³/mol. The highest BCUT2D eigenvalue weighted by Crippen LogP contribution is 2.35. The van der Waals surface area contributed by atoms with Crippen LogP contribution in [0.25, 0.3) is 0 Å². The van der Waals surface area contributed by atoms with Crippen molar-refractivity contribution in [2.45, 2.75) is 50.5 Å². The van der Waals surface area contributed by atoms with Crippen LogP contribution in [0, 0.1) is 0 Å². The molecule has 0 aliphatic heterocycles. The fourth-order valence-corrected chi connectivity index (χ4v) is 3.38. The van der Waals surface area contributed by atoms with Gasteiger partial charge in [-0.1, -0.05) is 12.2 Å². The largest absolute Gasteiger partial charge is 0.389 e. The third-order valence-electron chi connectivity index (χ3n) is 4.84. The van der Waals surface area contributed by atoms with Crippen molar-refractivity contribution in [3.63, 3.8) is 0 Å². The molecule has 1 saturated carbocycles. The molecule has 0 aromatic carbocycles. The minimum Gasteiger partial charge on any atom is -0.389 e. The molecule has 21 heavy (non-hydrogen) atoms. The highest BCUT2D eigenvalue weighted by molar-refractivity contribution is 7.80. The van der Waals surface area contributed by atoms with Gasteiger partial charge in [0, 0.05) is 19.3 Å². The number of hydrogen-bond acceptors (Lipinski definition) is 4. The maximum Gasteiger partial charge on any atom is 0.136 e. The Balaban J connectivity index is 1.84. The summed E-state index contributed by atoms with van der Waals surface area (Å²) >= 11 is 5.20. The van der Waals surface area contributed by atoms with E-state index in [1.807, 2.05) is 0 Å². The topological polar surface area (TPSA) is 60.2 Å². The lowest BCUT2D eigenvalue weighted by atomic mass is 9.80. The van der Waals surface area contributed by atoms with Crippen LogP contribution < -0.4 is 11.1 Å². The van der Waals surface area contributed by atoms with Gasteiger partial charge in [-0.15, -0.1) is 0 Å². The van der Waals surface area contributed by atoms with E-state index >= 15 is 0 Å². The first-order valence-corrected chi connectivity index (χ1v) is 8.16. The molecule has 0 radical (unpaired) electrons. The number of thiocarbonyl (C=S) groups is 1. The van der Waals surface area contributed by atoms with Crippen LogP contribution >= 0.6 is 12.2 Å². The number of hydrogen-bond donors (Lipinski definition) is 2. The molecular weight excluding hydrogens is 282 g/mol. The second-order valence-electron chi connectivity index (χ2n) is 6.16. The lowest BCUT2D eigenvalue weighted by Crippen LogP contribution is -2.45. The number of nitrogens with one attached hydrogen (secondary N) is 1. The molecule has 2 aliphatic rings. The molecule has 0 unspecified atom stereocenters. The van der Waals surface area contributed by atoms with Gasteiger partial charge < -0.3 is 15.8 Å². The SMILES string of the molecule is COC1(CNc2nc3c(cc2C(N)=S)CCCC3)CCC1. The molecular formula is C16H23N3OS. The van der Waals surface area contributed by atoms with E-state index in [0.717, 1.165) is 43.6 Å². The Bertz CT molecular complexity index is 549. The number of fused-ring (bicyclic) bond motifs is 1. The number of aromatic nitrogens is 1. The van der Waals surface area contributed by atoms with Crippen molar-refractivity contribution in [3.8, 4) is 0 Å². The average Bonchev–Trinajstić information content (AvgIpc) is 2.45. The summed E-state index contributed by atoms with van der Waals surface area (Å²) in [5.74, 6) is 0.825. The number of rotatable bonds is 5. The zero-order valence-electron chi connectivity index (χ0n) is 12.6. The Morgan fingerprint density at radius 3 is 2.76 bits per heavy atom. The highest BCUT2D eigenvalue weighted by Gasteiger charge is 2.37. The lowest BCUT2D eigenvalue weighted by Gasteiger charge is -2.40. The van der Waals surface area contributed by atoms with Crippen LogP contribution in [0.5, 0.6) is 0 Å². The van der Waals surface area contributed by atoms with Crippen molar-refractivity contribution < 1.29 is 4.74 Å². The van der Waals surface area contributed by atoms with Crippen LogP contribution in [0.3, 0.4) is 0 Å². The summed E-state index contributed by atoms with van der Waals surface area (Å²) in [5, 5.41) is 3.43. The Labute approximate surface area is 131 Å². The van der Waals surface area contributed by atoms with Crippen LogP contribution in [0.4, 0.5) is 5.82 Å². The molecule has 3 rings (SSSR count). The van der Waals surface area contributed by atoms with Crippen molar-refractivity contribution in [3.05, 3.63) is 22.9 Å². The third kappa shape index (κ3) is 2.90. The number of nitrogens with zero attached hydrogens (tertiary/aromatic N) is 1. The normalized spacial score (nSPS) is 19.5. The van der Waals surface area contributed by atoms with Crippen LogP contribution in [0.2, 0.25) is 0 Å². The molecule has 0 atom stereocenters. The first kappa shape index (κ1) is 14.7.